The predicted molar refractivity (Wildman–Crippen MR) is 94.1 cm³/mol. The Labute approximate surface area is 139 Å². The summed E-state index contributed by atoms with van der Waals surface area (Å²) in [5.41, 5.74) is 0. The maximum Gasteiger partial charge on any atom is 0.132 e. The van der Waals surface area contributed by atoms with E-state index in [-0.39, 0.29) is 0 Å². The van der Waals surface area contributed by atoms with Crippen molar-refractivity contribution in [1.29, 1.82) is 0 Å². The highest BCUT2D eigenvalue weighted by Gasteiger charge is 2.05. The number of hydrogen-bond acceptors (Lipinski definition) is 3. The molecule has 0 spiro atoms. The zero-order valence-corrected chi connectivity index (χ0v) is 14.0. The van der Waals surface area contributed by atoms with Gasteiger partial charge in [-0.15, -0.1) is 0 Å². The molecule has 1 saturated carbocycles. The topological polar surface area (TPSA) is 35.5 Å². The molecule has 0 saturated heterocycles. The summed E-state index contributed by atoms with van der Waals surface area (Å²) in [5, 5.41) is 0. The molecule has 0 atom stereocenters. The monoisotopic (exact) mass is 314 g/mol. The van der Waals surface area contributed by atoms with Crippen LogP contribution in [-0.2, 0) is 4.79 Å². The van der Waals surface area contributed by atoms with Crippen LogP contribution in [0.3, 0.4) is 0 Å². The molecule has 1 aliphatic carbocycles. The van der Waals surface area contributed by atoms with Crippen LogP contribution in [0, 0.1) is 0 Å². The number of Topliss-reactive ketones (excluding diaryl/α,β-unsaturated/α-hetero) is 1. The van der Waals surface area contributed by atoms with Crippen LogP contribution in [0.1, 0.15) is 32.1 Å². The maximum absolute atomic E-state index is 10.5. The standard InChI is InChI=1S/2C7H8O.C6H10O/c2*1-8-7-5-3-2-4-6-7;7-6-4-2-1-3-5-6/h2*2-6H,1H3;1-5H2. The van der Waals surface area contributed by atoms with E-state index in [1.165, 1.54) is 6.42 Å². The first-order valence-corrected chi connectivity index (χ1v) is 7.96. The number of methoxy groups -OCH3 is 2. The number of carbonyl (C=O) groups is 1. The molecular formula is C20H26O3. The molecule has 0 heterocycles. The number of carbonyl (C=O) groups excluding carboxylic acids is 1. The normalized spacial score (nSPS) is 12.9. The Hall–Kier alpha value is -2.29. The van der Waals surface area contributed by atoms with Gasteiger partial charge in [0.1, 0.15) is 17.3 Å². The number of ether oxygens (including phenoxy) is 2. The number of ketones is 1. The van der Waals surface area contributed by atoms with Gasteiger partial charge in [-0.25, -0.2) is 0 Å². The molecule has 0 radical (unpaired) electrons. The largest absolute Gasteiger partial charge is 0.497 e. The zero-order valence-electron chi connectivity index (χ0n) is 14.0. The molecule has 124 valence electrons. The summed E-state index contributed by atoms with van der Waals surface area (Å²) in [6, 6.07) is 19.4. The van der Waals surface area contributed by atoms with Crippen LogP contribution in [0.4, 0.5) is 0 Å². The molecule has 3 heteroatoms. The average molecular weight is 314 g/mol. The number of rotatable bonds is 2. The molecule has 2 aromatic rings. The fourth-order valence-electron chi connectivity index (χ4n) is 2.06. The number of benzene rings is 2. The van der Waals surface area contributed by atoms with E-state index in [0.29, 0.717) is 5.78 Å². The highest BCUT2D eigenvalue weighted by atomic mass is 16.5. The van der Waals surface area contributed by atoms with Crippen LogP contribution >= 0.6 is 0 Å². The van der Waals surface area contributed by atoms with E-state index in [9.17, 15) is 4.79 Å². The van der Waals surface area contributed by atoms with Crippen LogP contribution in [0.15, 0.2) is 60.7 Å². The van der Waals surface area contributed by atoms with E-state index >= 15 is 0 Å². The molecule has 3 nitrogen and oxygen atoms in total. The van der Waals surface area contributed by atoms with Crippen molar-refractivity contribution >= 4 is 5.78 Å². The van der Waals surface area contributed by atoms with Gasteiger partial charge in [0, 0.05) is 12.8 Å². The van der Waals surface area contributed by atoms with Gasteiger partial charge in [-0.05, 0) is 37.1 Å². The van der Waals surface area contributed by atoms with Crippen LogP contribution in [-0.4, -0.2) is 20.0 Å². The Morgan fingerprint density at radius 2 is 1.04 bits per heavy atom. The number of para-hydroxylation sites is 2. The Bertz CT molecular complexity index is 476. The fraction of sp³-hybridized carbons (Fsp3) is 0.350. The van der Waals surface area contributed by atoms with Crippen molar-refractivity contribution in [3.63, 3.8) is 0 Å². The van der Waals surface area contributed by atoms with Gasteiger partial charge in [-0.2, -0.15) is 0 Å². The molecule has 2 aromatic carbocycles. The van der Waals surface area contributed by atoms with Gasteiger partial charge in [0.15, 0.2) is 0 Å². The molecule has 1 aliphatic rings. The molecule has 1 fully saturated rings. The van der Waals surface area contributed by atoms with Crippen molar-refractivity contribution in [2.24, 2.45) is 0 Å². The first-order chi connectivity index (χ1) is 11.3. The van der Waals surface area contributed by atoms with Gasteiger partial charge in [0.2, 0.25) is 0 Å². The zero-order chi connectivity index (χ0) is 16.8. The molecule has 23 heavy (non-hydrogen) atoms. The second-order valence-corrected chi connectivity index (χ2v) is 5.13. The predicted octanol–water partition coefficient (Wildman–Crippen LogP) is 4.91. The minimum atomic E-state index is 0.464. The van der Waals surface area contributed by atoms with Crippen LogP contribution in [0.5, 0.6) is 11.5 Å². The Kier molecular flexibility index (Phi) is 10.0. The third-order valence-corrected chi connectivity index (χ3v) is 3.37. The van der Waals surface area contributed by atoms with E-state index < -0.39 is 0 Å². The third-order valence-electron chi connectivity index (χ3n) is 3.37. The SMILES string of the molecule is COc1ccccc1.COc1ccccc1.O=C1CCCCC1. The molecular weight excluding hydrogens is 288 g/mol. The second kappa shape index (κ2) is 12.3. The quantitative estimate of drug-likeness (QED) is 0.790. The fourth-order valence-corrected chi connectivity index (χ4v) is 2.06. The second-order valence-electron chi connectivity index (χ2n) is 5.13. The van der Waals surface area contributed by atoms with Crippen molar-refractivity contribution in [1.82, 2.24) is 0 Å². The molecule has 0 bridgehead atoms. The highest BCUT2D eigenvalue weighted by molar-refractivity contribution is 5.78. The minimum Gasteiger partial charge on any atom is -0.497 e. The van der Waals surface area contributed by atoms with Crippen molar-refractivity contribution < 1.29 is 14.3 Å². The summed E-state index contributed by atoms with van der Waals surface area (Å²) in [4.78, 5) is 10.5. The van der Waals surface area contributed by atoms with Crippen LogP contribution in [0.2, 0.25) is 0 Å². The lowest BCUT2D eigenvalue weighted by atomic mass is 10.00. The third kappa shape index (κ3) is 9.35. The lowest BCUT2D eigenvalue weighted by Gasteiger charge is -2.05. The van der Waals surface area contributed by atoms with Crippen molar-refractivity contribution in [3.05, 3.63) is 60.7 Å². The van der Waals surface area contributed by atoms with Crippen LogP contribution < -0.4 is 9.47 Å². The minimum absolute atomic E-state index is 0.464. The van der Waals surface area contributed by atoms with E-state index in [1.54, 1.807) is 14.2 Å². The van der Waals surface area contributed by atoms with Gasteiger partial charge in [-0.1, -0.05) is 42.8 Å². The molecule has 0 N–H and O–H groups in total. The smallest absolute Gasteiger partial charge is 0.132 e. The molecule has 0 aliphatic heterocycles. The molecule has 0 aromatic heterocycles. The van der Waals surface area contributed by atoms with Gasteiger partial charge in [0.25, 0.3) is 0 Å². The molecule has 0 amide bonds. The van der Waals surface area contributed by atoms with Crippen molar-refractivity contribution in [2.45, 2.75) is 32.1 Å². The Morgan fingerprint density at radius 1 is 0.652 bits per heavy atom. The van der Waals surface area contributed by atoms with Gasteiger partial charge in [0.05, 0.1) is 14.2 Å². The molecule has 3 rings (SSSR count). The lowest BCUT2D eigenvalue weighted by molar-refractivity contribution is -0.120. The number of hydrogen-bond donors (Lipinski definition) is 0. The summed E-state index contributed by atoms with van der Waals surface area (Å²) in [6.07, 6.45) is 5.24. The van der Waals surface area contributed by atoms with Crippen LogP contribution in [0.25, 0.3) is 0 Å². The summed E-state index contributed by atoms with van der Waals surface area (Å²) < 4.78 is 9.83. The van der Waals surface area contributed by atoms with E-state index in [0.717, 1.165) is 37.2 Å². The first-order valence-electron chi connectivity index (χ1n) is 7.96. The summed E-state index contributed by atoms with van der Waals surface area (Å²) >= 11 is 0. The van der Waals surface area contributed by atoms with Crippen molar-refractivity contribution in [3.8, 4) is 11.5 Å². The first kappa shape index (κ1) is 18.8. The summed E-state index contributed by atoms with van der Waals surface area (Å²) in [5.74, 6) is 2.28. The summed E-state index contributed by atoms with van der Waals surface area (Å²) in [6.45, 7) is 0. The highest BCUT2D eigenvalue weighted by Crippen LogP contribution is 2.12. The van der Waals surface area contributed by atoms with E-state index in [1.807, 2.05) is 60.7 Å². The Morgan fingerprint density at radius 3 is 1.26 bits per heavy atom. The van der Waals surface area contributed by atoms with E-state index in [2.05, 4.69) is 0 Å². The Balaban J connectivity index is 0.000000173. The average Bonchev–Trinajstić information content (AvgIpc) is 2.65. The van der Waals surface area contributed by atoms with Gasteiger partial charge < -0.3 is 9.47 Å². The lowest BCUT2D eigenvalue weighted by Crippen LogP contribution is -2.02. The van der Waals surface area contributed by atoms with E-state index in [4.69, 9.17) is 9.47 Å². The van der Waals surface area contributed by atoms with Crippen molar-refractivity contribution in [2.75, 3.05) is 14.2 Å². The maximum atomic E-state index is 10.5. The van der Waals surface area contributed by atoms with Gasteiger partial charge in [-0.3, -0.25) is 4.79 Å². The summed E-state index contributed by atoms with van der Waals surface area (Å²) in [7, 11) is 3.32. The van der Waals surface area contributed by atoms with Gasteiger partial charge >= 0.3 is 0 Å². The molecule has 0 unspecified atom stereocenters.